The van der Waals surface area contributed by atoms with E-state index in [0.717, 1.165) is 0 Å². The third kappa shape index (κ3) is 3.46. The molecule has 0 saturated carbocycles. The standard InChI is InChI=1S/C12H13ClO4/c1-7-5-9(13)6-8(3-4-10(14)15)11(7)12(16)17-2/h5-6H,3-4H2,1-2H3,(H,14,15). The normalized spacial score (nSPS) is 10.1. The zero-order valence-corrected chi connectivity index (χ0v) is 10.4. The fourth-order valence-electron chi connectivity index (χ4n) is 1.65. The van der Waals surface area contributed by atoms with Gasteiger partial charge in [0, 0.05) is 11.4 Å². The molecule has 0 bridgehead atoms. The molecule has 1 aromatic rings. The van der Waals surface area contributed by atoms with Crippen LogP contribution in [-0.2, 0) is 16.0 Å². The van der Waals surface area contributed by atoms with Crippen molar-refractivity contribution in [2.45, 2.75) is 19.8 Å². The third-order valence-electron chi connectivity index (χ3n) is 2.38. The molecule has 5 heteroatoms. The predicted octanol–water partition coefficient (Wildman–Crippen LogP) is 2.45. The molecule has 0 aliphatic carbocycles. The number of methoxy groups -OCH3 is 1. The summed E-state index contributed by atoms with van der Waals surface area (Å²) in [5.74, 6) is -1.39. The van der Waals surface area contributed by atoms with Gasteiger partial charge in [-0.15, -0.1) is 0 Å². The number of carbonyl (C=O) groups excluding carboxylic acids is 1. The van der Waals surface area contributed by atoms with Crippen LogP contribution < -0.4 is 0 Å². The summed E-state index contributed by atoms with van der Waals surface area (Å²) < 4.78 is 4.67. The largest absolute Gasteiger partial charge is 0.481 e. The van der Waals surface area contributed by atoms with Gasteiger partial charge in [-0.25, -0.2) is 4.79 Å². The van der Waals surface area contributed by atoms with Gasteiger partial charge in [-0.2, -0.15) is 0 Å². The lowest BCUT2D eigenvalue weighted by Gasteiger charge is -2.10. The fraction of sp³-hybridized carbons (Fsp3) is 0.333. The van der Waals surface area contributed by atoms with Crippen molar-refractivity contribution in [1.29, 1.82) is 0 Å². The van der Waals surface area contributed by atoms with Gasteiger partial charge in [-0.3, -0.25) is 4.79 Å². The van der Waals surface area contributed by atoms with E-state index in [0.29, 0.717) is 21.7 Å². The molecule has 0 aliphatic rings. The van der Waals surface area contributed by atoms with Crippen molar-refractivity contribution >= 4 is 23.5 Å². The number of aryl methyl sites for hydroxylation is 2. The molecule has 92 valence electrons. The molecule has 17 heavy (non-hydrogen) atoms. The third-order valence-corrected chi connectivity index (χ3v) is 2.60. The van der Waals surface area contributed by atoms with Gasteiger partial charge >= 0.3 is 11.9 Å². The molecule has 0 radical (unpaired) electrons. The van der Waals surface area contributed by atoms with Gasteiger partial charge in [0.25, 0.3) is 0 Å². The van der Waals surface area contributed by atoms with Crippen LogP contribution in [0.3, 0.4) is 0 Å². The molecule has 0 amide bonds. The highest BCUT2D eigenvalue weighted by molar-refractivity contribution is 6.30. The van der Waals surface area contributed by atoms with Gasteiger partial charge < -0.3 is 9.84 Å². The molecule has 1 aromatic carbocycles. The summed E-state index contributed by atoms with van der Waals surface area (Å²) in [6.45, 7) is 1.74. The Kier molecular flexibility index (Phi) is 4.52. The summed E-state index contributed by atoms with van der Waals surface area (Å²) in [5.41, 5.74) is 1.69. The van der Waals surface area contributed by atoms with Gasteiger partial charge in [-0.1, -0.05) is 11.6 Å². The van der Waals surface area contributed by atoms with E-state index in [9.17, 15) is 9.59 Å². The maximum absolute atomic E-state index is 11.6. The van der Waals surface area contributed by atoms with Crippen LogP contribution in [0.4, 0.5) is 0 Å². The van der Waals surface area contributed by atoms with Crippen molar-refractivity contribution in [3.8, 4) is 0 Å². The molecule has 1 N–H and O–H groups in total. The summed E-state index contributed by atoms with van der Waals surface area (Å²) in [6, 6.07) is 3.25. The molecular formula is C12H13ClO4. The number of ether oxygens (including phenoxy) is 1. The molecule has 0 spiro atoms. The lowest BCUT2D eigenvalue weighted by Crippen LogP contribution is -2.10. The zero-order valence-electron chi connectivity index (χ0n) is 9.62. The highest BCUT2D eigenvalue weighted by Crippen LogP contribution is 2.22. The second-order valence-electron chi connectivity index (χ2n) is 3.64. The van der Waals surface area contributed by atoms with Gasteiger partial charge in [0.1, 0.15) is 0 Å². The quantitative estimate of drug-likeness (QED) is 0.841. The number of carboxylic acid groups (broad SMARTS) is 1. The maximum atomic E-state index is 11.6. The van der Waals surface area contributed by atoms with E-state index >= 15 is 0 Å². The van der Waals surface area contributed by atoms with E-state index < -0.39 is 11.9 Å². The summed E-state index contributed by atoms with van der Waals surface area (Å²) in [5, 5.41) is 9.13. The van der Waals surface area contributed by atoms with Crippen LogP contribution in [0, 0.1) is 6.92 Å². The average molecular weight is 257 g/mol. The van der Waals surface area contributed by atoms with Gasteiger partial charge in [0.15, 0.2) is 0 Å². The Morgan fingerprint density at radius 2 is 2.06 bits per heavy atom. The minimum atomic E-state index is -0.918. The van der Waals surface area contributed by atoms with Crippen LogP contribution in [0.2, 0.25) is 5.02 Å². The first kappa shape index (κ1) is 13.5. The second kappa shape index (κ2) is 5.68. The van der Waals surface area contributed by atoms with Crippen LogP contribution in [-0.4, -0.2) is 24.2 Å². The molecule has 0 saturated heterocycles. The number of hydrogen-bond donors (Lipinski definition) is 1. The first-order valence-corrected chi connectivity index (χ1v) is 5.42. The number of hydrogen-bond acceptors (Lipinski definition) is 3. The molecule has 0 fully saturated rings. The van der Waals surface area contributed by atoms with Crippen molar-refractivity contribution < 1.29 is 19.4 Å². The maximum Gasteiger partial charge on any atom is 0.338 e. The van der Waals surface area contributed by atoms with Crippen molar-refractivity contribution in [2.75, 3.05) is 7.11 Å². The van der Waals surface area contributed by atoms with E-state index in [4.69, 9.17) is 16.7 Å². The Labute approximate surface area is 104 Å². The molecule has 0 heterocycles. The summed E-state index contributed by atoms with van der Waals surface area (Å²) in [6.07, 6.45) is 0.199. The first-order valence-electron chi connectivity index (χ1n) is 5.05. The Morgan fingerprint density at radius 3 is 2.59 bits per heavy atom. The number of esters is 1. The summed E-state index contributed by atoms with van der Waals surface area (Å²) in [7, 11) is 1.29. The van der Waals surface area contributed by atoms with Crippen molar-refractivity contribution in [2.24, 2.45) is 0 Å². The number of carboxylic acids is 1. The molecule has 0 atom stereocenters. The van der Waals surface area contributed by atoms with E-state index in [-0.39, 0.29) is 12.8 Å². The first-order chi connectivity index (χ1) is 7.95. The Bertz CT molecular complexity index is 454. The van der Waals surface area contributed by atoms with Gasteiger partial charge in [-0.05, 0) is 36.6 Å². The second-order valence-corrected chi connectivity index (χ2v) is 4.08. The number of rotatable bonds is 4. The SMILES string of the molecule is COC(=O)c1c(C)cc(Cl)cc1CCC(=O)O. The van der Waals surface area contributed by atoms with Crippen LogP contribution in [0.5, 0.6) is 0 Å². The molecule has 0 aromatic heterocycles. The van der Waals surface area contributed by atoms with Crippen LogP contribution in [0.25, 0.3) is 0 Å². The minimum absolute atomic E-state index is 0.0518. The smallest absolute Gasteiger partial charge is 0.338 e. The number of halogens is 1. The van der Waals surface area contributed by atoms with E-state index in [2.05, 4.69) is 4.74 Å². The fourth-order valence-corrected chi connectivity index (χ4v) is 1.94. The lowest BCUT2D eigenvalue weighted by atomic mass is 9.98. The molecule has 4 nitrogen and oxygen atoms in total. The molecular weight excluding hydrogens is 244 g/mol. The topological polar surface area (TPSA) is 63.6 Å². The van der Waals surface area contributed by atoms with E-state index in [1.807, 2.05) is 0 Å². The summed E-state index contributed by atoms with van der Waals surface area (Å²) >= 11 is 5.89. The van der Waals surface area contributed by atoms with Gasteiger partial charge in [0.05, 0.1) is 12.7 Å². The Hall–Kier alpha value is -1.55. The van der Waals surface area contributed by atoms with Crippen LogP contribution >= 0.6 is 11.6 Å². The number of benzene rings is 1. The summed E-state index contributed by atoms with van der Waals surface area (Å²) in [4.78, 5) is 22.1. The van der Waals surface area contributed by atoms with Crippen molar-refractivity contribution in [3.63, 3.8) is 0 Å². The Morgan fingerprint density at radius 1 is 1.41 bits per heavy atom. The Balaban J connectivity index is 3.15. The van der Waals surface area contributed by atoms with Crippen molar-refractivity contribution in [3.05, 3.63) is 33.8 Å². The van der Waals surface area contributed by atoms with Crippen LogP contribution in [0.1, 0.15) is 27.9 Å². The van der Waals surface area contributed by atoms with Gasteiger partial charge in [0.2, 0.25) is 0 Å². The lowest BCUT2D eigenvalue weighted by molar-refractivity contribution is -0.136. The van der Waals surface area contributed by atoms with E-state index in [1.165, 1.54) is 7.11 Å². The highest BCUT2D eigenvalue weighted by Gasteiger charge is 2.16. The average Bonchev–Trinajstić information content (AvgIpc) is 2.24. The number of carbonyl (C=O) groups is 2. The molecule has 0 aliphatic heterocycles. The molecule has 0 unspecified atom stereocenters. The minimum Gasteiger partial charge on any atom is -0.481 e. The predicted molar refractivity (Wildman–Crippen MR) is 63.5 cm³/mol. The van der Waals surface area contributed by atoms with E-state index in [1.54, 1.807) is 19.1 Å². The van der Waals surface area contributed by atoms with Crippen molar-refractivity contribution in [1.82, 2.24) is 0 Å². The number of aliphatic carboxylic acids is 1. The zero-order chi connectivity index (χ0) is 13.0. The monoisotopic (exact) mass is 256 g/mol. The molecule has 1 rings (SSSR count). The highest BCUT2D eigenvalue weighted by atomic mass is 35.5. The van der Waals surface area contributed by atoms with Crippen LogP contribution in [0.15, 0.2) is 12.1 Å².